The van der Waals surface area contributed by atoms with Gasteiger partial charge in [-0.15, -0.1) is 0 Å². The van der Waals surface area contributed by atoms with Crippen LogP contribution in [0, 0.1) is 0 Å². The molecule has 0 bridgehead atoms. The van der Waals surface area contributed by atoms with Gasteiger partial charge in [0.15, 0.2) is 0 Å². The highest BCUT2D eigenvalue weighted by molar-refractivity contribution is 6.41. The number of amides is 2. The second-order valence-corrected chi connectivity index (χ2v) is 25.1. The minimum atomic E-state index is -1.23. The maximum absolute atomic E-state index is 14.1. The van der Waals surface area contributed by atoms with Crippen LogP contribution in [0.1, 0.15) is 180 Å². The first-order valence-corrected chi connectivity index (χ1v) is 32.1. The summed E-state index contributed by atoms with van der Waals surface area (Å²) in [6, 6.07) is 57.5. The minimum absolute atomic E-state index is 0.0826. The fraction of sp³-hybridized carbons (Fsp3) is 0.321. The third-order valence-corrected chi connectivity index (χ3v) is 20.3. The molecule has 0 unspecified atom stereocenters. The zero-order valence-electron chi connectivity index (χ0n) is 50.2. The molecule has 85 heavy (non-hydrogen) atoms. The quantitative estimate of drug-likeness (QED) is 0.0316. The normalized spacial score (nSPS) is 14.6. The Morgan fingerprint density at radius 3 is 1.42 bits per heavy atom. The van der Waals surface area contributed by atoms with Gasteiger partial charge in [0.05, 0.1) is 11.0 Å². The Labute approximate surface area is 499 Å². The molecule has 7 nitrogen and oxygen atoms in total. The van der Waals surface area contributed by atoms with Gasteiger partial charge in [0.1, 0.15) is 6.54 Å². The molecule has 3 aliphatic rings. The molecule has 2 heterocycles. The van der Waals surface area contributed by atoms with Crippen LogP contribution in [0.15, 0.2) is 152 Å². The number of hydrogen-bond acceptors (Lipinski definition) is 4. The Kier molecular flexibility index (Phi) is 13.9. The zero-order valence-corrected chi connectivity index (χ0v) is 50.2. The van der Waals surface area contributed by atoms with Crippen LogP contribution in [0.2, 0.25) is 0 Å². The molecule has 0 saturated heterocycles. The van der Waals surface area contributed by atoms with E-state index >= 15 is 0 Å². The van der Waals surface area contributed by atoms with Gasteiger partial charge >= 0.3 is 5.97 Å². The number of hydrogen-bond donors (Lipinski definition) is 1. The number of aromatic nitrogens is 1. The van der Waals surface area contributed by atoms with Crippen LogP contribution in [-0.4, -0.2) is 38.9 Å². The van der Waals surface area contributed by atoms with Crippen LogP contribution in [-0.2, 0) is 22.2 Å². The summed E-state index contributed by atoms with van der Waals surface area (Å²) in [5.74, 6) is -2.38. The number of aliphatic carboxylic acids is 1. The fourth-order valence-corrected chi connectivity index (χ4v) is 16.4. The molecule has 2 aliphatic carbocycles. The molecule has 0 fully saturated rings. The van der Waals surface area contributed by atoms with Crippen LogP contribution in [0.5, 0.6) is 0 Å². The van der Waals surface area contributed by atoms with Gasteiger partial charge in [-0.05, 0) is 169 Å². The van der Waals surface area contributed by atoms with Crippen molar-refractivity contribution in [3.8, 4) is 22.3 Å². The Balaban J connectivity index is 1.03. The monoisotopic (exact) mass is 1120 g/mol. The molecular weight excluding hydrogens is 1040 g/mol. The SMILES string of the molecule is CCCCCCn1c2cc(N(c3ccc4c(c3)C(CCCC)(CCCC)c3ccccc3-4)c3ccc4c(c3)C(CCCC)(CCCC)c3ccccc3-4)ccc2c2c3cccc4c5ccc6c7c(ccc(c(cc21)c43)c75)C(=O)N(CC(=O)O)C6=O. The molecule has 10 aromatic carbocycles. The highest BCUT2D eigenvalue weighted by Crippen LogP contribution is 2.58. The van der Waals surface area contributed by atoms with Crippen molar-refractivity contribution >= 4 is 99.7 Å². The lowest BCUT2D eigenvalue weighted by atomic mass is 9.70. The molecule has 2 amide bonds. The second kappa shape index (κ2) is 21.6. The molecule has 0 radical (unpaired) electrons. The van der Waals surface area contributed by atoms with E-state index in [0.717, 1.165) is 126 Å². The van der Waals surface area contributed by atoms with Crippen molar-refractivity contribution < 1.29 is 19.5 Å². The van der Waals surface area contributed by atoms with Crippen molar-refractivity contribution in [2.24, 2.45) is 0 Å². The highest BCUT2D eigenvalue weighted by Gasteiger charge is 2.45. The van der Waals surface area contributed by atoms with Crippen molar-refractivity contribution in [3.05, 3.63) is 185 Å². The van der Waals surface area contributed by atoms with E-state index in [1.165, 1.54) is 110 Å². The Morgan fingerprint density at radius 2 is 0.871 bits per heavy atom. The van der Waals surface area contributed by atoms with E-state index in [2.05, 4.69) is 171 Å². The minimum Gasteiger partial charge on any atom is -0.480 e. The molecule has 11 aromatic rings. The number of anilines is 3. The molecule has 0 saturated carbocycles. The fourth-order valence-electron chi connectivity index (χ4n) is 16.4. The van der Waals surface area contributed by atoms with Gasteiger partial charge in [-0.1, -0.05) is 202 Å². The molecule has 0 atom stereocenters. The van der Waals surface area contributed by atoms with E-state index in [1.54, 1.807) is 6.07 Å². The Hall–Kier alpha value is -8.29. The van der Waals surface area contributed by atoms with Crippen LogP contribution < -0.4 is 4.90 Å². The lowest BCUT2D eigenvalue weighted by molar-refractivity contribution is -0.137. The second-order valence-electron chi connectivity index (χ2n) is 25.1. The first-order chi connectivity index (χ1) is 41.6. The summed E-state index contributed by atoms with van der Waals surface area (Å²) in [6.07, 6.45) is 18.2. The zero-order chi connectivity index (χ0) is 58.3. The first-order valence-electron chi connectivity index (χ1n) is 32.1. The molecule has 7 heteroatoms. The van der Waals surface area contributed by atoms with Crippen LogP contribution in [0.4, 0.5) is 17.1 Å². The van der Waals surface area contributed by atoms with Gasteiger partial charge in [0, 0.05) is 61.7 Å². The summed E-state index contributed by atoms with van der Waals surface area (Å²) in [7, 11) is 0. The van der Waals surface area contributed by atoms with Gasteiger partial charge < -0.3 is 14.6 Å². The van der Waals surface area contributed by atoms with E-state index in [0.29, 0.717) is 16.5 Å². The van der Waals surface area contributed by atoms with Gasteiger partial charge in [-0.25, -0.2) is 0 Å². The number of fused-ring (bicyclic) bond motifs is 12. The number of unbranched alkanes of at least 4 members (excludes halogenated alkanes) is 7. The van der Waals surface area contributed by atoms with Gasteiger partial charge in [0.2, 0.25) is 0 Å². The van der Waals surface area contributed by atoms with E-state index < -0.39 is 24.3 Å². The standard InChI is InChI=1S/C78H77N3O4/c1-6-11-16-21-43-79-68-46-51(31-34-59(68)72-60-26-22-25-56-57-35-37-61-74-62(76(85)80(75(61)84)48-70(82)83)38-36-58(73(57)74)63(71(56)60)47-69(72)79)81(49-29-32-54-52-23-17-19-27-64(52)77(39-12-7-2,40-13-8-3)66(54)44-49)50-30-33-55-53-24-18-20-28-65(53)78(41-14-9-4,42-15-10-5)67(55)45-50/h17-20,22-38,44-47H,6-16,21,39-43,48H2,1-5H3,(H,82,83). The highest BCUT2D eigenvalue weighted by atomic mass is 16.4. The van der Waals surface area contributed by atoms with Crippen molar-refractivity contribution in [2.75, 3.05) is 11.4 Å². The number of imide groups is 1. The number of benzene rings is 10. The predicted octanol–water partition coefficient (Wildman–Crippen LogP) is 20.9. The average Bonchev–Trinajstić information content (AvgIpc) is 1.61. The van der Waals surface area contributed by atoms with E-state index in [9.17, 15) is 19.5 Å². The van der Waals surface area contributed by atoms with Crippen LogP contribution in [0.25, 0.3) is 87.1 Å². The maximum Gasteiger partial charge on any atom is 0.323 e. The summed E-state index contributed by atoms with van der Waals surface area (Å²) < 4.78 is 2.60. The average molecular weight is 1120 g/mol. The predicted molar refractivity (Wildman–Crippen MR) is 353 cm³/mol. The summed E-state index contributed by atoms with van der Waals surface area (Å²) in [6.45, 7) is 11.8. The third kappa shape index (κ3) is 8.29. The maximum atomic E-state index is 14.1. The largest absolute Gasteiger partial charge is 0.480 e. The van der Waals surface area contributed by atoms with E-state index in [1.807, 2.05) is 18.2 Å². The number of rotatable bonds is 22. The lowest BCUT2D eigenvalue weighted by Gasteiger charge is -2.35. The van der Waals surface area contributed by atoms with Gasteiger partial charge in [-0.3, -0.25) is 19.3 Å². The van der Waals surface area contributed by atoms with E-state index in [-0.39, 0.29) is 10.8 Å². The Morgan fingerprint density at radius 1 is 0.400 bits per heavy atom. The summed E-state index contributed by atoms with van der Waals surface area (Å²) >= 11 is 0. The van der Waals surface area contributed by atoms with Gasteiger partial charge in [0.25, 0.3) is 11.8 Å². The van der Waals surface area contributed by atoms with Crippen molar-refractivity contribution in [1.29, 1.82) is 0 Å². The van der Waals surface area contributed by atoms with Crippen molar-refractivity contribution in [2.45, 2.75) is 155 Å². The van der Waals surface area contributed by atoms with Crippen molar-refractivity contribution in [1.82, 2.24) is 9.47 Å². The summed E-state index contributed by atoms with van der Waals surface area (Å²) in [5.41, 5.74) is 17.8. The molecule has 0 spiro atoms. The number of carboxylic acid groups (broad SMARTS) is 1. The van der Waals surface area contributed by atoms with Crippen molar-refractivity contribution in [3.63, 3.8) is 0 Å². The number of aryl methyl sites for hydroxylation is 1. The molecule has 14 rings (SSSR count). The molecule has 1 aliphatic heterocycles. The molecule has 1 aromatic heterocycles. The topological polar surface area (TPSA) is 82.8 Å². The molecule has 1 N–H and O–H groups in total. The van der Waals surface area contributed by atoms with E-state index in [4.69, 9.17) is 0 Å². The van der Waals surface area contributed by atoms with Gasteiger partial charge in [-0.2, -0.15) is 0 Å². The summed E-state index contributed by atoms with van der Waals surface area (Å²) in [4.78, 5) is 43.6. The molecule has 428 valence electrons. The smallest absolute Gasteiger partial charge is 0.323 e. The number of carbonyl (C=O) groups is 3. The number of nitrogens with zero attached hydrogens (tertiary/aromatic N) is 3. The number of carbonyl (C=O) groups excluding carboxylic acids is 2. The number of carboxylic acids is 1. The van der Waals surface area contributed by atoms with Crippen LogP contribution >= 0.6 is 0 Å². The first kappa shape index (κ1) is 54.6. The Bertz CT molecular complexity index is 4350. The van der Waals surface area contributed by atoms with Crippen LogP contribution in [0.3, 0.4) is 0 Å². The molecular formula is C78H77N3O4. The summed E-state index contributed by atoms with van der Waals surface area (Å²) in [5, 5.41) is 20.1. The lowest BCUT2D eigenvalue weighted by Crippen LogP contribution is -2.43. The third-order valence-electron chi connectivity index (χ3n) is 20.3.